The summed E-state index contributed by atoms with van der Waals surface area (Å²) in [4.78, 5) is 29.9. The molecule has 29 heavy (non-hydrogen) atoms. The molecule has 1 amide bonds. The highest BCUT2D eigenvalue weighted by Gasteiger charge is 2.25. The van der Waals surface area contributed by atoms with E-state index in [2.05, 4.69) is 10.3 Å². The summed E-state index contributed by atoms with van der Waals surface area (Å²) in [5.74, 6) is 0.526. The number of ether oxygens (including phenoxy) is 1. The van der Waals surface area contributed by atoms with E-state index in [-0.39, 0.29) is 11.9 Å². The van der Waals surface area contributed by atoms with Crippen LogP contribution in [0.15, 0.2) is 46.9 Å². The molecule has 0 radical (unpaired) electrons. The molecule has 0 bridgehead atoms. The molecule has 1 atom stereocenters. The highest BCUT2D eigenvalue weighted by molar-refractivity contribution is 6.05. The van der Waals surface area contributed by atoms with Crippen LogP contribution in [-0.2, 0) is 9.53 Å². The predicted molar refractivity (Wildman–Crippen MR) is 109 cm³/mol. The third kappa shape index (κ3) is 4.16. The van der Waals surface area contributed by atoms with Crippen LogP contribution in [0, 0.1) is 6.92 Å². The largest absolute Gasteiger partial charge is 0.460 e. The van der Waals surface area contributed by atoms with Crippen molar-refractivity contribution in [2.45, 2.75) is 51.7 Å². The number of fused-ring (bicyclic) bond motifs is 1. The van der Waals surface area contributed by atoms with Gasteiger partial charge in [0.25, 0.3) is 5.91 Å². The van der Waals surface area contributed by atoms with Crippen LogP contribution in [0.4, 0.5) is 0 Å². The molecule has 6 nitrogen and oxygen atoms in total. The molecular formula is C23H24N2O4. The fourth-order valence-electron chi connectivity index (χ4n) is 3.71. The Morgan fingerprint density at radius 3 is 2.66 bits per heavy atom. The fraction of sp³-hybridized carbons (Fsp3) is 0.348. The van der Waals surface area contributed by atoms with E-state index in [0.717, 1.165) is 31.4 Å². The number of esters is 1. The van der Waals surface area contributed by atoms with Gasteiger partial charge in [-0.15, -0.1) is 0 Å². The first kappa shape index (κ1) is 19.2. The van der Waals surface area contributed by atoms with Gasteiger partial charge in [0.2, 0.25) is 0 Å². The second kappa shape index (κ2) is 8.07. The Morgan fingerprint density at radius 1 is 1.17 bits per heavy atom. The van der Waals surface area contributed by atoms with E-state index in [4.69, 9.17) is 9.15 Å². The summed E-state index contributed by atoms with van der Waals surface area (Å²) < 4.78 is 11.2. The van der Waals surface area contributed by atoms with Crippen molar-refractivity contribution in [3.05, 3.63) is 53.8 Å². The summed E-state index contributed by atoms with van der Waals surface area (Å²) in [5.41, 5.74) is 1.57. The van der Waals surface area contributed by atoms with Gasteiger partial charge < -0.3 is 14.5 Å². The predicted octanol–water partition coefficient (Wildman–Crippen LogP) is 4.41. The zero-order valence-electron chi connectivity index (χ0n) is 16.6. The molecule has 1 aromatic carbocycles. The molecule has 3 aromatic rings. The minimum absolute atomic E-state index is 0.180. The number of pyridine rings is 1. The number of rotatable bonds is 5. The third-order valence-corrected chi connectivity index (χ3v) is 5.28. The number of aromatic nitrogens is 1. The van der Waals surface area contributed by atoms with E-state index in [1.54, 1.807) is 13.0 Å². The second-order valence-electron chi connectivity index (χ2n) is 7.52. The quantitative estimate of drug-likeness (QED) is 0.651. The lowest BCUT2D eigenvalue weighted by Gasteiger charge is -2.17. The Bertz CT molecular complexity index is 1050. The minimum atomic E-state index is -0.871. The maximum absolute atomic E-state index is 12.9. The number of benzene rings is 1. The average molecular weight is 392 g/mol. The maximum Gasteiger partial charge on any atom is 0.339 e. The van der Waals surface area contributed by atoms with Crippen molar-refractivity contribution in [3.8, 4) is 11.5 Å². The van der Waals surface area contributed by atoms with Gasteiger partial charge in [0.05, 0.1) is 11.1 Å². The molecule has 6 heteroatoms. The van der Waals surface area contributed by atoms with Crippen LogP contribution in [0.3, 0.4) is 0 Å². The van der Waals surface area contributed by atoms with Crippen LogP contribution >= 0.6 is 0 Å². The minimum Gasteiger partial charge on any atom is -0.460 e. The van der Waals surface area contributed by atoms with Gasteiger partial charge in [-0.05, 0) is 51.0 Å². The molecule has 1 fully saturated rings. The number of hydrogen-bond acceptors (Lipinski definition) is 5. The van der Waals surface area contributed by atoms with Crippen molar-refractivity contribution in [1.29, 1.82) is 0 Å². The fourth-order valence-corrected chi connectivity index (χ4v) is 3.71. The molecule has 1 saturated carbocycles. The number of aryl methyl sites for hydroxylation is 1. The molecule has 2 heterocycles. The number of para-hydroxylation sites is 1. The van der Waals surface area contributed by atoms with Crippen molar-refractivity contribution < 1.29 is 18.7 Å². The van der Waals surface area contributed by atoms with Crippen molar-refractivity contribution in [1.82, 2.24) is 10.3 Å². The zero-order valence-corrected chi connectivity index (χ0v) is 16.6. The molecule has 150 valence electrons. The molecule has 4 rings (SSSR count). The lowest BCUT2D eigenvalue weighted by Crippen LogP contribution is -2.40. The summed E-state index contributed by atoms with van der Waals surface area (Å²) in [6.07, 6.45) is 3.33. The van der Waals surface area contributed by atoms with E-state index < -0.39 is 12.1 Å². The highest BCUT2D eigenvalue weighted by Crippen LogP contribution is 2.27. The molecule has 1 aliphatic rings. The normalized spacial score (nSPS) is 15.4. The molecule has 2 aromatic heterocycles. The van der Waals surface area contributed by atoms with Crippen LogP contribution in [0.5, 0.6) is 0 Å². The molecule has 1 aliphatic carbocycles. The van der Waals surface area contributed by atoms with E-state index in [1.165, 1.54) is 0 Å². The Kier molecular flexibility index (Phi) is 5.34. The van der Waals surface area contributed by atoms with Gasteiger partial charge in [-0.25, -0.2) is 9.78 Å². The highest BCUT2D eigenvalue weighted by atomic mass is 16.5. The number of carbonyl (C=O) groups excluding carboxylic acids is 2. The van der Waals surface area contributed by atoms with Crippen molar-refractivity contribution in [3.63, 3.8) is 0 Å². The summed E-state index contributed by atoms with van der Waals surface area (Å²) in [6, 6.07) is 12.9. The van der Waals surface area contributed by atoms with E-state index >= 15 is 0 Å². The second-order valence-corrected chi connectivity index (χ2v) is 7.52. The SMILES string of the molecule is Cc1ccc(-c2cc(C(=O)O[C@@H](C)C(=O)NC3CCCC3)c3ccccc3n2)o1. The molecule has 0 saturated heterocycles. The first-order valence-corrected chi connectivity index (χ1v) is 9.99. The number of amides is 1. The average Bonchev–Trinajstić information content (AvgIpc) is 3.38. The number of carbonyl (C=O) groups is 2. The van der Waals surface area contributed by atoms with Gasteiger partial charge in [-0.1, -0.05) is 31.0 Å². The van der Waals surface area contributed by atoms with Crippen LogP contribution < -0.4 is 5.32 Å². The molecule has 0 spiro atoms. The molecule has 0 aliphatic heterocycles. The summed E-state index contributed by atoms with van der Waals surface area (Å²) >= 11 is 0. The lowest BCUT2D eigenvalue weighted by molar-refractivity contribution is -0.129. The Morgan fingerprint density at radius 2 is 1.93 bits per heavy atom. The van der Waals surface area contributed by atoms with E-state index in [1.807, 2.05) is 43.3 Å². The van der Waals surface area contributed by atoms with E-state index in [9.17, 15) is 9.59 Å². The molecule has 1 N–H and O–H groups in total. The lowest BCUT2D eigenvalue weighted by atomic mass is 10.1. The van der Waals surface area contributed by atoms with Crippen LogP contribution in [0.1, 0.15) is 48.7 Å². The number of nitrogens with one attached hydrogen (secondary N) is 1. The van der Waals surface area contributed by atoms with Gasteiger partial charge in [0, 0.05) is 11.4 Å². The smallest absolute Gasteiger partial charge is 0.339 e. The first-order valence-electron chi connectivity index (χ1n) is 9.99. The van der Waals surface area contributed by atoms with Gasteiger partial charge in [0.1, 0.15) is 11.5 Å². The van der Waals surface area contributed by atoms with Gasteiger partial charge in [0.15, 0.2) is 11.9 Å². The van der Waals surface area contributed by atoms with E-state index in [0.29, 0.717) is 27.9 Å². The Balaban J connectivity index is 1.59. The zero-order chi connectivity index (χ0) is 20.4. The summed E-state index contributed by atoms with van der Waals surface area (Å²) in [5, 5.41) is 3.64. The molecule has 0 unspecified atom stereocenters. The summed E-state index contributed by atoms with van der Waals surface area (Å²) in [7, 11) is 0. The third-order valence-electron chi connectivity index (χ3n) is 5.28. The van der Waals surface area contributed by atoms with Crippen molar-refractivity contribution in [2.24, 2.45) is 0 Å². The van der Waals surface area contributed by atoms with Crippen LogP contribution in [0.25, 0.3) is 22.4 Å². The standard InChI is InChI=1S/C23H24N2O4/c1-14-11-12-21(28-14)20-13-18(17-9-5-6-10-19(17)25-20)23(27)29-15(2)22(26)24-16-7-3-4-8-16/h5-6,9-13,15-16H,3-4,7-8H2,1-2H3,(H,24,26)/t15-/m0/s1. The number of nitrogens with zero attached hydrogens (tertiary/aromatic N) is 1. The number of furan rings is 1. The van der Waals surface area contributed by atoms with Gasteiger partial charge in [-0.2, -0.15) is 0 Å². The maximum atomic E-state index is 12.9. The van der Waals surface area contributed by atoms with Crippen molar-refractivity contribution in [2.75, 3.05) is 0 Å². The monoisotopic (exact) mass is 392 g/mol. The van der Waals surface area contributed by atoms with Gasteiger partial charge in [-0.3, -0.25) is 4.79 Å². The van der Waals surface area contributed by atoms with Crippen LogP contribution in [0.2, 0.25) is 0 Å². The Hall–Kier alpha value is -3.15. The topological polar surface area (TPSA) is 81.4 Å². The van der Waals surface area contributed by atoms with Crippen molar-refractivity contribution >= 4 is 22.8 Å². The number of hydrogen-bond donors (Lipinski definition) is 1. The first-order chi connectivity index (χ1) is 14.0. The van der Waals surface area contributed by atoms with Gasteiger partial charge >= 0.3 is 5.97 Å². The Labute approximate surface area is 169 Å². The summed E-state index contributed by atoms with van der Waals surface area (Å²) in [6.45, 7) is 3.45. The van der Waals surface area contributed by atoms with Crippen LogP contribution in [-0.4, -0.2) is 29.0 Å². The molecular weight excluding hydrogens is 368 g/mol.